The van der Waals surface area contributed by atoms with Crippen molar-refractivity contribution in [1.82, 2.24) is 10.3 Å². The summed E-state index contributed by atoms with van der Waals surface area (Å²) < 4.78 is 18.2. The predicted molar refractivity (Wildman–Crippen MR) is 163 cm³/mol. The van der Waals surface area contributed by atoms with Gasteiger partial charge in [0.1, 0.15) is 36.0 Å². The molecule has 2 unspecified atom stereocenters. The number of nitrogens with one attached hydrogen (secondary N) is 1. The number of benzene rings is 3. The summed E-state index contributed by atoms with van der Waals surface area (Å²) in [6.07, 6.45) is 4.58. The van der Waals surface area contributed by atoms with Crippen LogP contribution in [0, 0.1) is 11.3 Å². The molecule has 216 valence electrons. The number of hydrogen-bond acceptors (Lipinski definition) is 7. The minimum atomic E-state index is -0.204. The number of nitriles is 1. The van der Waals surface area contributed by atoms with Crippen molar-refractivity contribution in [1.29, 1.82) is 5.26 Å². The van der Waals surface area contributed by atoms with Gasteiger partial charge in [0.2, 0.25) is 0 Å². The zero-order valence-corrected chi connectivity index (χ0v) is 24.9. The molecule has 0 bridgehead atoms. The molecule has 0 aliphatic heterocycles. The first-order valence-electron chi connectivity index (χ1n) is 13.7. The molecule has 3 aromatic carbocycles. The summed E-state index contributed by atoms with van der Waals surface area (Å²) in [7, 11) is 1.61. The minimum absolute atomic E-state index is 0.00178. The van der Waals surface area contributed by atoms with E-state index in [9.17, 15) is 10.4 Å². The lowest BCUT2D eigenvalue weighted by atomic mass is 9.96. The van der Waals surface area contributed by atoms with Gasteiger partial charge in [0.05, 0.1) is 29.3 Å². The summed E-state index contributed by atoms with van der Waals surface area (Å²) in [6.45, 7) is 2.54. The molecule has 0 spiro atoms. The molecule has 7 nitrogen and oxygen atoms in total. The van der Waals surface area contributed by atoms with Gasteiger partial charge in [0.15, 0.2) is 0 Å². The van der Waals surface area contributed by atoms with E-state index in [1.807, 2.05) is 43.3 Å². The highest BCUT2D eigenvalue weighted by atomic mass is 35.5. The fourth-order valence-corrected chi connectivity index (χ4v) is 5.63. The summed E-state index contributed by atoms with van der Waals surface area (Å²) in [5.74, 6) is 1.73. The molecular weight excluding hydrogens is 573 g/mol. The Labute approximate surface area is 255 Å². The van der Waals surface area contributed by atoms with Gasteiger partial charge in [0.25, 0.3) is 0 Å². The minimum Gasteiger partial charge on any atom is -0.495 e. The average Bonchev–Trinajstić information content (AvgIpc) is 3.43. The summed E-state index contributed by atoms with van der Waals surface area (Å²) in [5.41, 5.74) is 6.31. The molecule has 1 aliphatic rings. The quantitative estimate of drug-likeness (QED) is 0.189. The summed E-state index contributed by atoms with van der Waals surface area (Å²) in [4.78, 5) is 4.12. The van der Waals surface area contributed by atoms with E-state index in [-0.39, 0.29) is 25.4 Å². The lowest BCUT2D eigenvalue weighted by molar-refractivity contribution is 0.205. The number of rotatable bonds is 11. The number of methoxy groups -OCH3 is 1. The van der Waals surface area contributed by atoms with Gasteiger partial charge in [0, 0.05) is 47.7 Å². The van der Waals surface area contributed by atoms with Gasteiger partial charge in [-0.25, -0.2) is 0 Å². The number of aromatic nitrogens is 1. The van der Waals surface area contributed by atoms with Crippen molar-refractivity contribution in [3.8, 4) is 34.4 Å². The number of ether oxygens (including phenoxy) is 3. The Morgan fingerprint density at radius 3 is 2.67 bits per heavy atom. The van der Waals surface area contributed by atoms with E-state index in [1.54, 1.807) is 19.4 Å². The Kier molecular flexibility index (Phi) is 9.51. The van der Waals surface area contributed by atoms with Crippen LogP contribution < -0.4 is 19.5 Å². The van der Waals surface area contributed by atoms with Crippen LogP contribution >= 0.6 is 23.2 Å². The molecule has 2 N–H and O–H groups in total. The SMILES string of the molecule is COc1cccc(-c2cccc3c2CCC3Oc2cc(OCc3cncc(C#N)c3)c(CNC(C)CO)cc2Cl)c1Cl. The maximum Gasteiger partial charge on any atom is 0.142 e. The van der Waals surface area contributed by atoms with Gasteiger partial charge in [-0.15, -0.1) is 0 Å². The maximum absolute atomic E-state index is 9.47. The molecule has 42 heavy (non-hydrogen) atoms. The highest BCUT2D eigenvalue weighted by Gasteiger charge is 2.28. The summed E-state index contributed by atoms with van der Waals surface area (Å²) >= 11 is 13.4. The molecule has 0 fully saturated rings. The number of nitrogens with zero attached hydrogens (tertiary/aromatic N) is 2. The zero-order valence-electron chi connectivity index (χ0n) is 23.4. The number of aliphatic hydroxyl groups excluding tert-OH is 1. The van der Waals surface area contributed by atoms with Crippen molar-refractivity contribution in [2.45, 2.75) is 45.1 Å². The molecule has 0 amide bonds. The first kappa shape index (κ1) is 29.7. The topological polar surface area (TPSA) is 96.6 Å². The number of pyridine rings is 1. The third-order valence-corrected chi connectivity index (χ3v) is 7.99. The number of fused-ring (bicyclic) bond motifs is 1. The van der Waals surface area contributed by atoms with Crippen LogP contribution in [0.1, 0.15) is 47.3 Å². The maximum atomic E-state index is 9.47. The van der Waals surface area contributed by atoms with Crippen LogP contribution in [-0.4, -0.2) is 29.8 Å². The third kappa shape index (κ3) is 6.48. The van der Waals surface area contributed by atoms with Crippen molar-refractivity contribution < 1.29 is 19.3 Å². The van der Waals surface area contributed by atoms with Crippen LogP contribution in [-0.2, 0) is 19.6 Å². The van der Waals surface area contributed by atoms with Crippen LogP contribution in [0.2, 0.25) is 10.0 Å². The largest absolute Gasteiger partial charge is 0.495 e. The van der Waals surface area contributed by atoms with Crippen molar-refractivity contribution in [2.75, 3.05) is 13.7 Å². The summed E-state index contributed by atoms with van der Waals surface area (Å²) in [6, 6.07) is 19.3. The molecule has 0 radical (unpaired) electrons. The number of hydrogen-bond donors (Lipinski definition) is 2. The van der Waals surface area contributed by atoms with Gasteiger partial charge >= 0.3 is 0 Å². The highest BCUT2D eigenvalue weighted by Crippen LogP contribution is 2.45. The summed E-state index contributed by atoms with van der Waals surface area (Å²) in [5, 5.41) is 23.0. The van der Waals surface area contributed by atoms with E-state index in [0.29, 0.717) is 39.4 Å². The Bertz CT molecular complexity index is 1620. The van der Waals surface area contributed by atoms with Gasteiger partial charge in [-0.1, -0.05) is 53.5 Å². The van der Waals surface area contributed by atoms with E-state index >= 15 is 0 Å². The van der Waals surface area contributed by atoms with E-state index in [0.717, 1.165) is 40.7 Å². The average molecular weight is 605 g/mol. The Morgan fingerprint density at radius 2 is 1.88 bits per heavy atom. The normalized spacial score (nSPS) is 14.6. The molecule has 0 saturated carbocycles. The van der Waals surface area contributed by atoms with Crippen LogP contribution in [0.4, 0.5) is 0 Å². The fraction of sp³-hybridized carbons (Fsp3) is 0.273. The molecule has 1 aliphatic carbocycles. The first-order valence-corrected chi connectivity index (χ1v) is 14.4. The van der Waals surface area contributed by atoms with E-state index in [4.69, 9.17) is 37.4 Å². The molecule has 1 heterocycles. The Hall–Kier alpha value is -3.80. The monoisotopic (exact) mass is 603 g/mol. The van der Waals surface area contributed by atoms with E-state index < -0.39 is 0 Å². The zero-order chi connectivity index (χ0) is 29.6. The standard InChI is InChI=1S/C33H31Cl2N3O4/c1-20(18-39)38-17-23-12-28(34)32(13-31(23)41-19-22-11-21(14-36)15-37-16-22)42-29-10-9-25-24(5-3-6-26(25)29)27-7-4-8-30(40-2)33(27)35/h3-8,11-13,15-16,20,29,38-39H,9-10,17-19H2,1-2H3. The number of halogens is 2. The van der Waals surface area contributed by atoms with Crippen LogP contribution in [0.3, 0.4) is 0 Å². The second kappa shape index (κ2) is 13.5. The molecule has 0 saturated heterocycles. The van der Waals surface area contributed by atoms with E-state index in [1.165, 1.54) is 11.8 Å². The molecule has 1 aromatic heterocycles. The third-order valence-electron chi connectivity index (χ3n) is 7.31. The molecular formula is C33H31Cl2N3O4. The smallest absolute Gasteiger partial charge is 0.142 e. The second-order valence-electron chi connectivity index (χ2n) is 10.2. The van der Waals surface area contributed by atoms with Crippen LogP contribution in [0.15, 0.2) is 67.0 Å². The number of aliphatic hydroxyl groups is 1. The highest BCUT2D eigenvalue weighted by molar-refractivity contribution is 6.35. The Morgan fingerprint density at radius 1 is 1.07 bits per heavy atom. The van der Waals surface area contributed by atoms with Crippen LogP contribution in [0.5, 0.6) is 17.2 Å². The van der Waals surface area contributed by atoms with Gasteiger partial charge in [-0.3, -0.25) is 4.98 Å². The van der Waals surface area contributed by atoms with Gasteiger partial charge in [-0.2, -0.15) is 5.26 Å². The Balaban J connectivity index is 1.43. The van der Waals surface area contributed by atoms with Crippen LogP contribution in [0.25, 0.3) is 11.1 Å². The molecule has 4 aromatic rings. The lowest BCUT2D eigenvalue weighted by Crippen LogP contribution is -2.28. The molecule has 9 heteroatoms. The molecule has 5 rings (SSSR count). The fourth-order valence-electron chi connectivity index (χ4n) is 5.10. The van der Waals surface area contributed by atoms with Crippen molar-refractivity contribution in [3.05, 3.63) is 105 Å². The lowest BCUT2D eigenvalue weighted by Gasteiger charge is -2.20. The van der Waals surface area contributed by atoms with E-state index in [2.05, 4.69) is 28.5 Å². The predicted octanol–water partition coefficient (Wildman–Crippen LogP) is 7.05. The second-order valence-corrected chi connectivity index (χ2v) is 11.0. The van der Waals surface area contributed by atoms with Crippen molar-refractivity contribution >= 4 is 23.2 Å². The first-order chi connectivity index (χ1) is 20.4. The molecule has 2 atom stereocenters. The van der Waals surface area contributed by atoms with Crippen molar-refractivity contribution in [2.24, 2.45) is 0 Å². The van der Waals surface area contributed by atoms with Gasteiger partial charge in [-0.05, 0) is 54.7 Å². The van der Waals surface area contributed by atoms with Gasteiger partial charge < -0.3 is 24.6 Å². The van der Waals surface area contributed by atoms with Crippen molar-refractivity contribution in [3.63, 3.8) is 0 Å².